The number of piperidine rings is 1. The van der Waals surface area contributed by atoms with Gasteiger partial charge in [-0.1, -0.05) is 18.2 Å². The quantitative estimate of drug-likeness (QED) is 0.494. The zero-order chi connectivity index (χ0) is 23.1. The first-order valence-electron chi connectivity index (χ1n) is 11.9. The van der Waals surface area contributed by atoms with Gasteiger partial charge in [-0.15, -0.1) is 5.10 Å². The fourth-order valence-electron chi connectivity index (χ4n) is 5.20. The van der Waals surface area contributed by atoms with E-state index in [9.17, 15) is 9.50 Å². The number of nitrogens with zero attached hydrogens (tertiary/aromatic N) is 6. The predicted octanol–water partition coefficient (Wildman–Crippen LogP) is 4.23. The van der Waals surface area contributed by atoms with E-state index in [1.807, 2.05) is 40.9 Å². The van der Waals surface area contributed by atoms with Crippen molar-refractivity contribution in [2.24, 2.45) is 0 Å². The lowest BCUT2D eigenvalue weighted by atomic mass is 10.0. The molecule has 0 radical (unpaired) electrons. The van der Waals surface area contributed by atoms with Crippen LogP contribution in [0.5, 0.6) is 0 Å². The van der Waals surface area contributed by atoms with Gasteiger partial charge in [0.25, 0.3) is 0 Å². The van der Waals surface area contributed by atoms with Crippen LogP contribution in [0.25, 0.3) is 17.0 Å². The molecular weight excluding hydrogens is 431 g/mol. The summed E-state index contributed by atoms with van der Waals surface area (Å²) in [6.45, 7) is 2.36. The maximum Gasteiger partial charge on any atom is 0.154 e. The highest BCUT2D eigenvalue weighted by Crippen LogP contribution is 2.35. The molecule has 2 saturated heterocycles. The minimum absolute atomic E-state index is 0.0969. The van der Waals surface area contributed by atoms with E-state index in [-0.39, 0.29) is 18.0 Å². The van der Waals surface area contributed by atoms with E-state index in [0.29, 0.717) is 6.54 Å². The van der Waals surface area contributed by atoms with Crippen LogP contribution in [0.15, 0.2) is 60.8 Å². The second-order valence-corrected chi connectivity index (χ2v) is 9.13. The van der Waals surface area contributed by atoms with E-state index in [2.05, 4.69) is 14.8 Å². The van der Waals surface area contributed by atoms with Crippen molar-refractivity contribution in [3.8, 4) is 11.4 Å². The molecule has 2 unspecified atom stereocenters. The Kier molecular flexibility index (Phi) is 5.37. The van der Waals surface area contributed by atoms with Crippen molar-refractivity contribution in [1.82, 2.24) is 19.6 Å². The van der Waals surface area contributed by atoms with Crippen molar-refractivity contribution in [3.05, 3.63) is 72.2 Å². The highest BCUT2D eigenvalue weighted by Gasteiger charge is 2.28. The average Bonchev–Trinajstić information content (AvgIpc) is 3.51. The molecule has 6 rings (SSSR count). The van der Waals surface area contributed by atoms with Crippen LogP contribution in [0, 0.1) is 5.82 Å². The number of fused-ring (bicyclic) bond motifs is 1. The Labute approximate surface area is 197 Å². The van der Waals surface area contributed by atoms with Crippen molar-refractivity contribution >= 4 is 17.3 Å². The molecule has 174 valence electrons. The van der Waals surface area contributed by atoms with Crippen LogP contribution in [-0.4, -0.2) is 50.4 Å². The molecule has 2 fully saturated rings. The fraction of sp³-hybridized carbons (Fsp3) is 0.346. The van der Waals surface area contributed by atoms with E-state index < -0.39 is 0 Å². The molecule has 3 aromatic heterocycles. The van der Waals surface area contributed by atoms with Crippen LogP contribution in [0.1, 0.15) is 37.3 Å². The Bertz CT molecular complexity index is 1320. The zero-order valence-electron chi connectivity index (χ0n) is 18.9. The summed E-state index contributed by atoms with van der Waals surface area (Å²) in [5, 5.41) is 15.0. The molecule has 7 nitrogen and oxygen atoms in total. The molecule has 8 heteroatoms. The van der Waals surface area contributed by atoms with Crippen LogP contribution in [0.2, 0.25) is 0 Å². The first kappa shape index (κ1) is 21.0. The molecule has 0 saturated carbocycles. The topological polar surface area (TPSA) is 69.8 Å². The predicted molar refractivity (Wildman–Crippen MR) is 129 cm³/mol. The molecule has 2 aliphatic heterocycles. The number of aromatic nitrogens is 4. The highest BCUT2D eigenvalue weighted by atomic mass is 19.1. The molecule has 0 amide bonds. The number of aliphatic hydroxyl groups is 1. The Balaban J connectivity index is 1.35. The molecule has 0 bridgehead atoms. The number of halogens is 1. The second kappa shape index (κ2) is 8.68. The van der Waals surface area contributed by atoms with Crippen molar-refractivity contribution in [2.75, 3.05) is 29.4 Å². The SMILES string of the molecule is OC1CCCN(c2cccc(-c3cnc4ccc(N5CCCC5c5cccc(F)c5)nn34)n2)C1. The van der Waals surface area contributed by atoms with Crippen molar-refractivity contribution in [1.29, 1.82) is 0 Å². The highest BCUT2D eigenvalue weighted by molar-refractivity contribution is 5.62. The molecule has 4 aromatic rings. The Morgan fingerprint density at radius 2 is 1.82 bits per heavy atom. The van der Waals surface area contributed by atoms with E-state index in [1.54, 1.807) is 18.3 Å². The summed E-state index contributed by atoms with van der Waals surface area (Å²) in [6.07, 6.45) is 5.27. The summed E-state index contributed by atoms with van der Waals surface area (Å²) in [4.78, 5) is 13.8. The first-order chi connectivity index (χ1) is 16.7. The van der Waals surface area contributed by atoms with Crippen LogP contribution in [0.3, 0.4) is 0 Å². The molecule has 1 aromatic carbocycles. The van der Waals surface area contributed by atoms with Gasteiger partial charge in [-0.3, -0.25) is 0 Å². The number of anilines is 2. The average molecular weight is 459 g/mol. The van der Waals surface area contributed by atoms with Crippen LogP contribution in [0.4, 0.5) is 16.0 Å². The van der Waals surface area contributed by atoms with E-state index in [0.717, 1.165) is 73.0 Å². The number of rotatable bonds is 4. The maximum atomic E-state index is 13.9. The van der Waals surface area contributed by atoms with E-state index in [4.69, 9.17) is 10.1 Å². The van der Waals surface area contributed by atoms with Gasteiger partial charge in [-0.2, -0.15) is 0 Å². The molecule has 0 spiro atoms. The van der Waals surface area contributed by atoms with Crippen molar-refractivity contribution in [3.63, 3.8) is 0 Å². The number of benzene rings is 1. The Morgan fingerprint density at radius 3 is 2.71 bits per heavy atom. The molecule has 0 aliphatic carbocycles. The van der Waals surface area contributed by atoms with Gasteiger partial charge in [0.2, 0.25) is 0 Å². The third kappa shape index (κ3) is 3.88. The monoisotopic (exact) mass is 458 g/mol. The smallest absolute Gasteiger partial charge is 0.154 e. The summed E-state index contributed by atoms with van der Waals surface area (Å²) in [5.41, 5.74) is 3.33. The first-order valence-corrected chi connectivity index (χ1v) is 11.9. The summed E-state index contributed by atoms with van der Waals surface area (Å²) in [5.74, 6) is 1.48. The van der Waals surface area contributed by atoms with Gasteiger partial charge >= 0.3 is 0 Å². The second-order valence-electron chi connectivity index (χ2n) is 9.13. The van der Waals surface area contributed by atoms with E-state index >= 15 is 0 Å². The fourth-order valence-corrected chi connectivity index (χ4v) is 5.20. The van der Waals surface area contributed by atoms with Crippen LogP contribution >= 0.6 is 0 Å². The van der Waals surface area contributed by atoms with Gasteiger partial charge in [0.1, 0.15) is 23.1 Å². The van der Waals surface area contributed by atoms with Gasteiger partial charge < -0.3 is 14.9 Å². The number of β-amino-alcohol motifs (C(OH)–C–C–N with tert-alkyl or cyclic N) is 1. The van der Waals surface area contributed by atoms with Crippen LogP contribution < -0.4 is 9.80 Å². The molecule has 1 N–H and O–H groups in total. The lowest BCUT2D eigenvalue weighted by Gasteiger charge is -2.31. The summed E-state index contributed by atoms with van der Waals surface area (Å²) >= 11 is 0. The number of pyridine rings is 1. The van der Waals surface area contributed by atoms with Gasteiger partial charge in [-0.25, -0.2) is 18.9 Å². The van der Waals surface area contributed by atoms with E-state index in [1.165, 1.54) is 6.07 Å². The zero-order valence-corrected chi connectivity index (χ0v) is 18.9. The number of imidazole rings is 1. The standard InChI is InChI=1S/C26H27FN6O/c27-19-6-1-5-18(15-19)22-9-4-14-32(22)26-12-11-24-28-16-23(33(24)30-26)21-8-2-10-25(29-21)31-13-3-7-20(34)17-31/h1-2,5-6,8,10-12,15-16,20,22,34H,3-4,7,9,13-14,17H2. The largest absolute Gasteiger partial charge is 0.391 e. The minimum Gasteiger partial charge on any atom is -0.391 e. The summed E-state index contributed by atoms with van der Waals surface area (Å²) in [6, 6.07) is 16.9. The lowest BCUT2D eigenvalue weighted by molar-refractivity contribution is 0.154. The van der Waals surface area contributed by atoms with Gasteiger partial charge in [-0.05, 0) is 67.6 Å². The van der Waals surface area contributed by atoms with Gasteiger partial charge in [0.05, 0.1) is 24.0 Å². The molecule has 2 aliphatic rings. The third-order valence-electron chi connectivity index (χ3n) is 6.85. The Morgan fingerprint density at radius 1 is 0.941 bits per heavy atom. The Hall–Kier alpha value is -3.52. The molecular formula is C26H27FN6O. The van der Waals surface area contributed by atoms with Gasteiger partial charge in [0.15, 0.2) is 5.65 Å². The number of aliphatic hydroxyl groups excluding tert-OH is 1. The number of hydrogen-bond donors (Lipinski definition) is 1. The summed E-state index contributed by atoms with van der Waals surface area (Å²) in [7, 11) is 0. The number of hydrogen-bond acceptors (Lipinski definition) is 6. The van der Waals surface area contributed by atoms with Crippen molar-refractivity contribution in [2.45, 2.75) is 37.8 Å². The van der Waals surface area contributed by atoms with Gasteiger partial charge in [0, 0.05) is 19.6 Å². The minimum atomic E-state index is -0.314. The van der Waals surface area contributed by atoms with Crippen LogP contribution in [-0.2, 0) is 0 Å². The van der Waals surface area contributed by atoms with Crippen molar-refractivity contribution < 1.29 is 9.50 Å². The third-order valence-corrected chi connectivity index (χ3v) is 6.85. The molecule has 5 heterocycles. The molecule has 2 atom stereocenters. The summed E-state index contributed by atoms with van der Waals surface area (Å²) < 4.78 is 15.7. The normalized spacial score (nSPS) is 20.9. The lowest BCUT2D eigenvalue weighted by Crippen LogP contribution is -2.38. The molecule has 34 heavy (non-hydrogen) atoms. The maximum absolute atomic E-state index is 13.9.